The molecule has 4 nitrogen and oxygen atoms in total. The zero-order valence-electron chi connectivity index (χ0n) is 12.0. The van der Waals surface area contributed by atoms with Crippen molar-refractivity contribution in [3.05, 3.63) is 24.0 Å². The molecule has 0 aliphatic heterocycles. The van der Waals surface area contributed by atoms with Crippen LogP contribution in [0.1, 0.15) is 56.6 Å². The van der Waals surface area contributed by atoms with Crippen LogP contribution in [0.3, 0.4) is 0 Å². The molecule has 2 rings (SSSR count). The van der Waals surface area contributed by atoms with Crippen molar-refractivity contribution < 1.29 is 9.90 Å². The molecule has 4 heteroatoms. The van der Waals surface area contributed by atoms with E-state index in [-0.39, 0.29) is 24.0 Å². The van der Waals surface area contributed by atoms with Crippen LogP contribution >= 0.6 is 0 Å². The predicted molar refractivity (Wildman–Crippen MR) is 75.1 cm³/mol. The van der Waals surface area contributed by atoms with Gasteiger partial charge in [-0.1, -0.05) is 20.8 Å². The third-order valence-electron chi connectivity index (χ3n) is 3.37. The summed E-state index contributed by atoms with van der Waals surface area (Å²) in [5.41, 5.74) is 0.786. The van der Waals surface area contributed by atoms with Crippen LogP contribution in [-0.2, 0) is 0 Å². The molecule has 1 aliphatic carbocycles. The van der Waals surface area contributed by atoms with E-state index in [1.165, 1.54) is 0 Å². The minimum absolute atomic E-state index is 0.0207. The Hall–Kier alpha value is -1.29. The maximum Gasteiger partial charge on any atom is 0.268 e. The van der Waals surface area contributed by atoms with Crippen molar-refractivity contribution in [1.82, 2.24) is 9.88 Å². The number of amides is 1. The molecule has 1 aromatic heterocycles. The summed E-state index contributed by atoms with van der Waals surface area (Å²) >= 11 is 0. The van der Waals surface area contributed by atoms with Crippen LogP contribution in [0, 0.1) is 5.41 Å². The number of hydrogen-bond donors (Lipinski definition) is 2. The number of aromatic nitrogens is 1. The first-order valence-electron chi connectivity index (χ1n) is 6.99. The molecule has 0 saturated heterocycles. The van der Waals surface area contributed by atoms with Gasteiger partial charge in [0.25, 0.3) is 5.91 Å². The van der Waals surface area contributed by atoms with Gasteiger partial charge >= 0.3 is 0 Å². The van der Waals surface area contributed by atoms with Crippen LogP contribution in [0.25, 0.3) is 0 Å². The van der Waals surface area contributed by atoms with Crippen LogP contribution in [0.5, 0.6) is 0 Å². The lowest BCUT2D eigenvalue weighted by Gasteiger charge is -2.25. The second kappa shape index (κ2) is 5.37. The molecule has 1 aliphatic rings. The van der Waals surface area contributed by atoms with E-state index in [0.29, 0.717) is 11.7 Å². The van der Waals surface area contributed by atoms with Crippen LogP contribution in [-0.4, -0.2) is 28.2 Å². The van der Waals surface area contributed by atoms with E-state index in [1.807, 2.05) is 22.9 Å². The number of hydrogen-bond acceptors (Lipinski definition) is 2. The molecule has 19 heavy (non-hydrogen) atoms. The normalized spacial score (nSPS) is 17.3. The van der Waals surface area contributed by atoms with E-state index in [9.17, 15) is 9.90 Å². The molecule has 2 N–H and O–H groups in total. The van der Waals surface area contributed by atoms with Gasteiger partial charge in [-0.2, -0.15) is 0 Å². The molecule has 0 spiro atoms. The monoisotopic (exact) mass is 264 g/mol. The predicted octanol–water partition coefficient (Wildman–Crippen LogP) is 2.35. The molecule has 1 unspecified atom stereocenters. The first-order chi connectivity index (χ1) is 8.90. The summed E-state index contributed by atoms with van der Waals surface area (Å²) in [6.45, 7) is 6.30. The lowest BCUT2D eigenvalue weighted by atomic mass is 9.88. The highest BCUT2D eigenvalue weighted by Gasteiger charge is 2.28. The first kappa shape index (κ1) is 14.1. The van der Waals surface area contributed by atoms with Gasteiger partial charge < -0.3 is 15.0 Å². The Morgan fingerprint density at radius 1 is 1.53 bits per heavy atom. The summed E-state index contributed by atoms with van der Waals surface area (Å²) in [6.07, 6.45) is 5.03. The van der Waals surface area contributed by atoms with Crippen molar-refractivity contribution in [2.75, 3.05) is 6.61 Å². The molecular weight excluding hydrogens is 240 g/mol. The van der Waals surface area contributed by atoms with Gasteiger partial charge in [0.1, 0.15) is 5.69 Å². The van der Waals surface area contributed by atoms with Crippen molar-refractivity contribution in [3.63, 3.8) is 0 Å². The zero-order valence-corrected chi connectivity index (χ0v) is 12.0. The Morgan fingerprint density at radius 3 is 2.74 bits per heavy atom. The van der Waals surface area contributed by atoms with Crippen molar-refractivity contribution in [2.24, 2.45) is 5.41 Å². The second-order valence-electron chi connectivity index (χ2n) is 6.65. The number of carbonyl (C=O) groups is 1. The number of aliphatic hydroxyl groups excluding tert-OH is 1. The third kappa shape index (κ3) is 3.83. The Labute approximate surface area is 114 Å². The summed E-state index contributed by atoms with van der Waals surface area (Å²) in [4.78, 5) is 12.3. The lowest BCUT2D eigenvalue weighted by molar-refractivity contribution is 0.0888. The standard InChI is InChI=1S/C15H24N2O2/c1-15(2,3)9-11(10-18)16-14(19)13-5-4-8-17(13)12-6-7-12/h4-5,8,11-12,18H,6-7,9-10H2,1-3H3,(H,16,19). The Kier molecular flexibility index (Phi) is 3.99. The van der Waals surface area contributed by atoms with E-state index in [1.54, 1.807) is 0 Å². The number of aliphatic hydroxyl groups is 1. The fourth-order valence-electron chi connectivity index (χ4n) is 2.42. The zero-order chi connectivity index (χ0) is 14.0. The van der Waals surface area contributed by atoms with Crippen LogP contribution in [0.4, 0.5) is 0 Å². The number of carbonyl (C=O) groups excluding carboxylic acids is 1. The van der Waals surface area contributed by atoms with Crippen LogP contribution in [0.2, 0.25) is 0 Å². The molecular formula is C15H24N2O2. The fourth-order valence-corrected chi connectivity index (χ4v) is 2.42. The molecule has 1 heterocycles. The van der Waals surface area contributed by atoms with E-state index in [0.717, 1.165) is 19.3 Å². The second-order valence-corrected chi connectivity index (χ2v) is 6.65. The number of nitrogens with zero attached hydrogens (tertiary/aromatic N) is 1. The van der Waals surface area contributed by atoms with Gasteiger partial charge in [0.2, 0.25) is 0 Å². The van der Waals surface area contributed by atoms with Gasteiger partial charge in [-0.05, 0) is 36.8 Å². The minimum atomic E-state index is -0.185. The third-order valence-corrected chi connectivity index (χ3v) is 3.37. The van der Waals surface area contributed by atoms with E-state index >= 15 is 0 Å². The van der Waals surface area contributed by atoms with Crippen molar-refractivity contribution in [2.45, 2.75) is 52.1 Å². The summed E-state index contributed by atoms with van der Waals surface area (Å²) in [6, 6.07) is 4.06. The molecule has 0 radical (unpaired) electrons. The average molecular weight is 264 g/mol. The molecule has 1 saturated carbocycles. The quantitative estimate of drug-likeness (QED) is 0.857. The molecule has 106 valence electrons. The topological polar surface area (TPSA) is 54.3 Å². The largest absolute Gasteiger partial charge is 0.394 e. The van der Waals surface area contributed by atoms with E-state index in [2.05, 4.69) is 26.1 Å². The fraction of sp³-hybridized carbons (Fsp3) is 0.667. The smallest absolute Gasteiger partial charge is 0.268 e. The number of nitrogens with one attached hydrogen (secondary N) is 1. The Bertz CT molecular complexity index is 441. The lowest BCUT2D eigenvalue weighted by Crippen LogP contribution is -2.40. The molecule has 0 aromatic carbocycles. The van der Waals surface area contributed by atoms with Gasteiger partial charge in [0.05, 0.1) is 12.6 Å². The average Bonchev–Trinajstić information content (AvgIpc) is 3.04. The number of rotatable bonds is 5. The SMILES string of the molecule is CC(C)(C)CC(CO)NC(=O)c1cccn1C1CC1. The van der Waals surface area contributed by atoms with Gasteiger partial charge in [0, 0.05) is 12.2 Å². The Morgan fingerprint density at radius 2 is 2.21 bits per heavy atom. The molecule has 1 aromatic rings. The maximum atomic E-state index is 12.3. The Balaban J connectivity index is 2.00. The highest BCUT2D eigenvalue weighted by Crippen LogP contribution is 2.36. The van der Waals surface area contributed by atoms with Crippen molar-refractivity contribution >= 4 is 5.91 Å². The highest BCUT2D eigenvalue weighted by atomic mass is 16.3. The van der Waals surface area contributed by atoms with Crippen LogP contribution in [0.15, 0.2) is 18.3 Å². The summed E-state index contributed by atoms with van der Waals surface area (Å²) < 4.78 is 2.04. The van der Waals surface area contributed by atoms with Gasteiger partial charge in [-0.25, -0.2) is 0 Å². The summed E-state index contributed by atoms with van der Waals surface area (Å²) in [5, 5.41) is 12.3. The van der Waals surface area contributed by atoms with E-state index in [4.69, 9.17) is 0 Å². The van der Waals surface area contributed by atoms with E-state index < -0.39 is 0 Å². The molecule has 1 atom stereocenters. The maximum absolute atomic E-state index is 12.3. The van der Waals surface area contributed by atoms with Crippen LogP contribution < -0.4 is 5.32 Å². The molecule has 1 amide bonds. The molecule has 1 fully saturated rings. The van der Waals surface area contributed by atoms with Gasteiger partial charge in [-0.3, -0.25) is 4.79 Å². The van der Waals surface area contributed by atoms with Gasteiger partial charge in [-0.15, -0.1) is 0 Å². The molecule has 0 bridgehead atoms. The minimum Gasteiger partial charge on any atom is -0.394 e. The summed E-state index contributed by atoms with van der Waals surface area (Å²) in [5.74, 6) is -0.0831. The van der Waals surface area contributed by atoms with Crippen molar-refractivity contribution in [1.29, 1.82) is 0 Å². The van der Waals surface area contributed by atoms with Crippen molar-refractivity contribution in [3.8, 4) is 0 Å². The summed E-state index contributed by atoms with van der Waals surface area (Å²) in [7, 11) is 0. The van der Waals surface area contributed by atoms with Gasteiger partial charge in [0.15, 0.2) is 0 Å². The highest BCUT2D eigenvalue weighted by molar-refractivity contribution is 5.93. The first-order valence-corrected chi connectivity index (χ1v) is 6.99.